The van der Waals surface area contributed by atoms with Gasteiger partial charge in [-0.3, -0.25) is 0 Å². The molecule has 0 aromatic heterocycles. The van der Waals surface area contributed by atoms with Gasteiger partial charge in [-0.15, -0.1) is 0 Å². The van der Waals surface area contributed by atoms with E-state index in [9.17, 15) is 21.2 Å². The van der Waals surface area contributed by atoms with E-state index in [2.05, 4.69) is 5.32 Å². The fourth-order valence-corrected chi connectivity index (χ4v) is 5.17. The van der Waals surface area contributed by atoms with Crippen LogP contribution in [0.2, 0.25) is 0 Å². The van der Waals surface area contributed by atoms with E-state index in [4.69, 9.17) is 0 Å². The number of hydrogen-bond donors (Lipinski definition) is 1. The Morgan fingerprint density at radius 3 is 2.48 bits per heavy atom. The normalized spacial score (nSPS) is 19.4. The molecule has 6 nitrogen and oxygen atoms in total. The number of sulfone groups is 1. The lowest BCUT2D eigenvalue weighted by molar-refractivity contribution is 0.335. The Bertz CT molecular complexity index is 772. The van der Waals surface area contributed by atoms with Crippen LogP contribution in [0.5, 0.6) is 0 Å². The molecule has 9 heteroatoms. The SMILES string of the molecule is CCCN(C1CCNC1)S(=O)(=O)c1ccc(S(C)(=O)=O)c(F)c1. The molecule has 0 aliphatic carbocycles. The standard InChI is InChI=1S/C14H21FN2O4S2/c1-3-8-17(11-6-7-16-10-11)23(20,21)12-4-5-14(13(15)9-12)22(2,18)19/h4-5,9,11,16H,3,6-8,10H2,1-2H3. The van der Waals surface area contributed by atoms with E-state index in [1.165, 1.54) is 4.31 Å². The van der Waals surface area contributed by atoms with Crippen molar-refractivity contribution in [1.82, 2.24) is 9.62 Å². The molecule has 1 saturated heterocycles. The van der Waals surface area contributed by atoms with Gasteiger partial charge in [0.15, 0.2) is 9.84 Å². The summed E-state index contributed by atoms with van der Waals surface area (Å²) < 4.78 is 63.9. The van der Waals surface area contributed by atoms with Crippen molar-refractivity contribution in [2.75, 3.05) is 25.9 Å². The van der Waals surface area contributed by atoms with Crippen LogP contribution in [-0.4, -0.2) is 53.1 Å². The van der Waals surface area contributed by atoms with Gasteiger partial charge in [-0.2, -0.15) is 4.31 Å². The number of rotatable bonds is 6. The van der Waals surface area contributed by atoms with Gasteiger partial charge in [0.2, 0.25) is 10.0 Å². The Hall–Kier alpha value is -1.03. The molecule has 1 aromatic carbocycles. The Balaban J connectivity index is 2.43. The molecule has 1 N–H and O–H groups in total. The predicted molar refractivity (Wildman–Crippen MR) is 85.0 cm³/mol. The number of sulfonamides is 1. The number of nitrogens with zero attached hydrogens (tertiary/aromatic N) is 1. The molecular formula is C14H21FN2O4S2. The van der Waals surface area contributed by atoms with Crippen molar-refractivity contribution in [2.45, 2.75) is 35.6 Å². The van der Waals surface area contributed by atoms with Crippen molar-refractivity contribution in [3.63, 3.8) is 0 Å². The largest absolute Gasteiger partial charge is 0.315 e. The number of benzene rings is 1. The monoisotopic (exact) mass is 364 g/mol. The Kier molecular flexibility index (Phi) is 5.44. The van der Waals surface area contributed by atoms with Gasteiger partial charge in [-0.05, 0) is 37.6 Å². The summed E-state index contributed by atoms with van der Waals surface area (Å²) in [5.41, 5.74) is 0. The second-order valence-electron chi connectivity index (χ2n) is 5.63. The van der Waals surface area contributed by atoms with E-state index < -0.39 is 30.6 Å². The molecule has 23 heavy (non-hydrogen) atoms. The molecule has 0 saturated carbocycles. The number of halogens is 1. The summed E-state index contributed by atoms with van der Waals surface area (Å²) in [7, 11) is -7.61. The van der Waals surface area contributed by atoms with Crippen LogP contribution in [0.15, 0.2) is 28.0 Å². The van der Waals surface area contributed by atoms with E-state index in [1.807, 2.05) is 6.92 Å². The van der Waals surface area contributed by atoms with Crippen LogP contribution in [0.4, 0.5) is 4.39 Å². The molecule has 1 aliphatic heterocycles. The fraction of sp³-hybridized carbons (Fsp3) is 0.571. The minimum Gasteiger partial charge on any atom is -0.315 e. The summed E-state index contributed by atoms with van der Waals surface area (Å²) in [6.07, 6.45) is 2.22. The van der Waals surface area contributed by atoms with E-state index >= 15 is 0 Å². The van der Waals surface area contributed by atoms with E-state index in [0.29, 0.717) is 25.9 Å². The van der Waals surface area contributed by atoms with Crippen LogP contribution in [-0.2, 0) is 19.9 Å². The van der Waals surface area contributed by atoms with Crippen LogP contribution in [0.1, 0.15) is 19.8 Å². The fourth-order valence-electron chi connectivity index (χ4n) is 2.68. The van der Waals surface area contributed by atoms with Crippen LogP contribution >= 0.6 is 0 Å². The van der Waals surface area contributed by atoms with Gasteiger partial charge < -0.3 is 5.32 Å². The van der Waals surface area contributed by atoms with Crippen LogP contribution in [0.3, 0.4) is 0 Å². The summed E-state index contributed by atoms with van der Waals surface area (Å²) in [4.78, 5) is -0.719. The highest BCUT2D eigenvalue weighted by Crippen LogP contribution is 2.24. The first kappa shape index (κ1) is 18.3. The molecule has 1 unspecified atom stereocenters. The zero-order valence-electron chi connectivity index (χ0n) is 13.1. The average molecular weight is 364 g/mol. The maximum Gasteiger partial charge on any atom is 0.243 e. The van der Waals surface area contributed by atoms with Gasteiger partial charge in [-0.1, -0.05) is 6.92 Å². The highest BCUT2D eigenvalue weighted by atomic mass is 32.2. The molecule has 1 fully saturated rings. The quantitative estimate of drug-likeness (QED) is 0.814. The van der Waals surface area contributed by atoms with Crippen molar-refractivity contribution in [3.05, 3.63) is 24.0 Å². The molecule has 2 rings (SSSR count). The van der Waals surface area contributed by atoms with Gasteiger partial charge in [0.05, 0.1) is 4.90 Å². The molecule has 0 radical (unpaired) electrons. The molecular weight excluding hydrogens is 343 g/mol. The van der Waals surface area contributed by atoms with Gasteiger partial charge in [0, 0.05) is 25.4 Å². The molecule has 1 aromatic rings. The average Bonchev–Trinajstić information content (AvgIpc) is 2.96. The first-order valence-electron chi connectivity index (χ1n) is 7.40. The number of nitrogens with one attached hydrogen (secondary N) is 1. The highest BCUT2D eigenvalue weighted by Gasteiger charge is 2.33. The molecule has 1 atom stereocenters. The van der Waals surface area contributed by atoms with Crippen molar-refractivity contribution in [1.29, 1.82) is 0 Å². The lowest BCUT2D eigenvalue weighted by Gasteiger charge is -2.27. The molecule has 1 heterocycles. The lowest BCUT2D eigenvalue weighted by Crippen LogP contribution is -2.42. The van der Waals surface area contributed by atoms with E-state index in [-0.39, 0.29) is 10.9 Å². The summed E-state index contributed by atoms with van der Waals surface area (Å²) >= 11 is 0. The minimum absolute atomic E-state index is 0.169. The maximum absolute atomic E-state index is 14.0. The van der Waals surface area contributed by atoms with Gasteiger partial charge >= 0.3 is 0 Å². The third-order valence-corrected chi connectivity index (χ3v) is 6.87. The van der Waals surface area contributed by atoms with E-state index in [1.54, 1.807) is 0 Å². The second-order valence-corrected chi connectivity index (χ2v) is 9.50. The first-order chi connectivity index (χ1) is 10.7. The molecule has 0 bridgehead atoms. The van der Waals surface area contributed by atoms with E-state index in [0.717, 1.165) is 31.0 Å². The van der Waals surface area contributed by atoms with Crippen LogP contribution in [0, 0.1) is 5.82 Å². The molecule has 0 amide bonds. The van der Waals surface area contributed by atoms with Crippen molar-refractivity contribution < 1.29 is 21.2 Å². The Morgan fingerprint density at radius 1 is 1.30 bits per heavy atom. The van der Waals surface area contributed by atoms with Gasteiger partial charge in [0.1, 0.15) is 10.7 Å². The summed E-state index contributed by atoms with van der Waals surface area (Å²) in [5.74, 6) is -1.05. The zero-order valence-corrected chi connectivity index (χ0v) is 14.8. The third-order valence-electron chi connectivity index (χ3n) is 3.79. The summed E-state index contributed by atoms with van der Waals surface area (Å²) in [5, 5.41) is 3.12. The lowest BCUT2D eigenvalue weighted by atomic mass is 10.2. The molecule has 1 aliphatic rings. The van der Waals surface area contributed by atoms with Crippen LogP contribution in [0.25, 0.3) is 0 Å². The van der Waals surface area contributed by atoms with Gasteiger partial charge in [-0.25, -0.2) is 21.2 Å². The van der Waals surface area contributed by atoms with Gasteiger partial charge in [0.25, 0.3) is 0 Å². The smallest absolute Gasteiger partial charge is 0.243 e. The van der Waals surface area contributed by atoms with Crippen molar-refractivity contribution in [3.8, 4) is 0 Å². The maximum atomic E-state index is 14.0. The van der Waals surface area contributed by atoms with Crippen LogP contribution < -0.4 is 5.32 Å². The first-order valence-corrected chi connectivity index (χ1v) is 10.7. The Morgan fingerprint density at radius 2 is 2.00 bits per heavy atom. The highest BCUT2D eigenvalue weighted by molar-refractivity contribution is 7.90. The topological polar surface area (TPSA) is 83.6 Å². The Labute approximate surface area is 136 Å². The molecule has 130 valence electrons. The second kappa shape index (κ2) is 6.84. The minimum atomic E-state index is -3.87. The zero-order chi connectivity index (χ0) is 17.3. The van der Waals surface area contributed by atoms with Crippen molar-refractivity contribution in [2.24, 2.45) is 0 Å². The number of hydrogen-bond acceptors (Lipinski definition) is 5. The van der Waals surface area contributed by atoms with Crippen molar-refractivity contribution >= 4 is 19.9 Å². The predicted octanol–water partition coefficient (Wildman–Crippen LogP) is 0.992. The molecule has 0 spiro atoms. The summed E-state index contributed by atoms with van der Waals surface area (Å²) in [6.45, 7) is 3.51. The summed E-state index contributed by atoms with van der Waals surface area (Å²) in [6, 6.07) is 2.78. The third kappa shape index (κ3) is 3.90.